The van der Waals surface area contributed by atoms with E-state index in [1.54, 1.807) is 0 Å². The molecule has 1 aromatic rings. The standard InChI is InChI=1S/C16H23F3N2/c17-16(18,19)8-4-5-10-21-11-9-20-15(13-21)12-14-6-2-1-3-7-14/h1-3,6-7,15,20H,4-5,8-13H2. The molecule has 118 valence electrons. The Balaban J connectivity index is 1.69. The molecule has 1 aliphatic heterocycles. The van der Waals surface area contributed by atoms with Crippen LogP contribution in [0, 0.1) is 0 Å². The van der Waals surface area contributed by atoms with Crippen LogP contribution in [0.5, 0.6) is 0 Å². The maximum Gasteiger partial charge on any atom is 0.389 e. The molecule has 2 nitrogen and oxygen atoms in total. The van der Waals surface area contributed by atoms with Gasteiger partial charge >= 0.3 is 6.18 Å². The Labute approximate surface area is 124 Å². The van der Waals surface area contributed by atoms with Gasteiger partial charge in [0.25, 0.3) is 0 Å². The third-order valence-corrected chi connectivity index (χ3v) is 3.85. The van der Waals surface area contributed by atoms with Crippen molar-refractivity contribution in [1.29, 1.82) is 0 Å². The largest absolute Gasteiger partial charge is 0.389 e. The Kier molecular flexibility index (Phi) is 6.06. The van der Waals surface area contributed by atoms with Crippen LogP contribution in [-0.4, -0.2) is 43.3 Å². The fraction of sp³-hybridized carbons (Fsp3) is 0.625. The number of rotatable bonds is 6. The smallest absolute Gasteiger partial charge is 0.311 e. The molecule has 0 radical (unpaired) electrons. The molecule has 0 bridgehead atoms. The fourth-order valence-electron chi connectivity index (χ4n) is 2.79. The molecule has 1 unspecified atom stereocenters. The summed E-state index contributed by atoms with van der Waals surface area (Å²) in [5.41, 5.74) is 1.30. The second kappa shape index (κ2) is 7.80. The molecule has 21 heavy (non-hydrogen) atoms. The highest BCUT2D eigenvalue weighted by Crippen LogP contribution is 2.22. The van der Waals surface area contributed by atoms with Gasteiger partial charge in [0.15, 0.2) is 0 Å². The Hall–Kier alpha value is -1.07. The topological polar surface area (TPSA) is 15.3 Å². The number of nitrogens with one attached hydrogen (secondary N) is 1. The number of nitrogens with zero attached hydrogens (tertiary/aromatic N) is 1. The van der Waals surface area contributed by atoms with Gasteiger partial charge in [-0.05, 0) is 31.4 Å². The minimum absolute atomic E-state index is 0.233. The monoisotopic (exact) mass is 300 g/mol. The van der Waals surface area contributed by atoms with Crippen molar-refractivity contribution in [2.45, 2.75) is 37.9 Å². The summed E-state index contributed by atoms with van der Waals surface area (Å²) in [5.74, 6) is 0. The third-order valence-electron chi connectivity index (χ3n) is 3.85. The predicted octanol–water partition coefficient (Wildman–Crippen LogP) is 3.24. The van der Waals surface area contributed by atoms with E-state index in [2.05, 4.69) is 22.3 Å². The summed E-state index contributed by atoms with van der Waals surface area (Å²) in [6.45, 7) is 3.53. The molecule has 1 fully saturated rings. The van der Waals surface area contributed by atoms with Crippen molar-refractivity contribution in [3.05, 3.63) is 35.9 Å². The fourth-order valence-corrected chi connectivity index (χ4v) is 2.79. The van der Waals surface area contributed by atoms with Crippen LogP contribution in [0.2, 0.25) is 0 Å². The summed E-state index contributed by atoms with van der Waals surface area (Å²) in [6, 6.07) is 10.7. The van der Waals surface area contributed by atoms with E-state index in [4.69, 9.17) is 0 Å². The molecular formula is C16H23F3N2. The lowest BCUT2D eigenvalue weighted by Crippen LogP contribution is -2.51. The first-order valence-electron chi connectivity index (χ1n) is 7.59. The predicted molar refractivity (Wildman–Crippen MR) is 78.3 cm³/mol. The average Bonchev–Trinajstić information content (AvgIpc) is 2.44. The normalized spacial score (nSPS) is 20.6. The minimum Gasteiger partial charge on any atom is -0.311 e. The molecule has 0 aliphatic carbocycles. The van der Waals surface area contributed by atoms with Gasteiger partial charge in [-0.2, -0.15) is 13.2 Å². The quantitative estimate of drug-likeness (QED) is 0.811. The lowest BCUT2D eigenvalue weighted by molar-refractivity contribution is -0.135. The molecule has 1 aliphatic rings. The van der Waals surface area contributed by atoms with Gasteiger partial charge < -0.3 is 10.2 Å². The van der Waals surface area contributed by atoms with Gasteiger partial charge in [-0.3, -0.25) is 0 Å². The van der Waals surface area contributed by atoms with Crippen molar-refractivity contribution in [1.82, 2.24) is 10.2 Å². The average molecular weight is 300 g/mol. The highest BCUT2D eigenvalue weighted by Gasteiger charge is 2.26. The molecule has 0 aromatic heterocycles. The number of alkyl halides is 3. The van der Waals surface area contributed by atoms with E-state index in [9.17, 15) is 13.2 Å². The molecule has 0 saturated carbocycles. The van der Waals surface area contributed by atoms with Gasteiger partial charge in [0.2, 0.25) is 0 Å². The highest BCUT2D eigenvalue weighted by molar-refractivity contribution is 5.16. The van der Waals surface area contributed by atoms with Crippen LogP contribution in [0.3, 0.4) is 0 Å². The number of piperazine rings is 1. The van der Waals surface area contributed by atoms with Crippen molar-refractivity contribution in [2.75, 3.05) is 26.2 Å². The van der Waals surface area contributed by atoms with E-state index in [0.717, 1.165) is 32.6 Å². The molecule has 2 rings (SSSR count). The van der Waals surface area contributed by atoms with Gasteiger partial charge in [-0.15, -0.1) is 0 Å². The van der Waals surface area contributed by atoms with E-state index in [1.165, 1.54) is 5.56 Å². The van der Waals surface area contributed by atoms with E-state index in [0.29, 0.717) is 12.5 Å². The summed E-state index contributed by atoms with van der Waals surface area (Å²) >= 11 is 0. The number of hydrogen-bond donors (Lipinski definition) is 1. The molecule has 1 heterocycles. The maximum atomic E-state index is 12.1. The van der Waals surface area contributed by atoms with Crippen LogP contribution < -0.4 is 5.32 Å². The van der Waals surface area contributed by atoms with Gasteiger partial charge in [-0.1, -0.05) is 30.3 Å². The Morgan fingerprint density at radius 1 is 1.14 bits per heavy atom. The maximum absolute atomic E-state index is 12.1. The van der Waals surface area contributed by atoms with Crippen molar-refractivity contribution in [3.8, 4) is 0 Å². The summed E-state index contributed by atoms with van der Waals surface area (Å²) in [4.78, 5) is 2.28. The summed E-state index contributed by atoms with van der Waals surface area (Å²) < 4.78 is 36.3. The Bertz CT molecular complexity index is 406. The summed E-state index contributed by atoms with van der Waals surface area (Å²) in [6.07, 6.45) is -2.85. The molecule has 0 amide bonds. The minimum atomic E-state index is -4.01. The first kappa shape index (κ1) is 16.3. The van der Waals surface area contributed by atoms with Crippen LogP contribution in [0.15, 0.2) is 30.3 Å². The molecule has 1 saturated heterocycles. The Morgan fingerprint density at radius 3 is 2.62 bits per heavy atom. The molecule has 5 heteroatoms. The van der Waals surface area contributed by atoms with E-state index in [-0.39, 0.29) is 6.42 Å². The van der Waals surface area contributed by atoms with Gasteiger partial charge in [0.1, 0.15) is 0 Å². The first-order valence-corrected chi connectivity index (χ1v) is 7.59. The van der Waals surface area contributed by atoms with E-state index < -0.39 is 12.6 Å². The SMILES string of the molecule is FC(F)(F)CCCCN1CCNC(Cc2ccccc2)C1. The van der Waals surface area contributed by atoms with Crippen molar-refractivity contribution in [2.24, 2.45) is 0 Å². The third kappa shape index (κ3) is 6.48. The zero-order valence-corrected chi connectivity index (χ0v) is 12.2. The lowest BCUT2D eigenvalue weighted by Gasteiger charge is -2.33. The van der Waals surface area contributed by atoms with Crippen molar-refractivity contribution in [3.63, 3.8) is 0 Å². The van der Waals surface area contributed by atoms with Gasteiger partial charge in [0, 0.05) is 32.1 Å². The highest BCUT2D eigenvalue weighted by atomic mass is 19.4. The van der Waals surface area contributed by atoms with Gasteiger partial charge in [-0.25, -0.2) is 0 Å². The van der Waals surface area contributed by atoms with E-state index >= 15 is 0 Å². The summed E-state index contributed by atoms with van der Waals surface area (Å²) in [5, 5.41) is 3.49. The number of unbranched alkanes of at least 4 members (excludes halogenated alkanes) is 1. The zero-order valence-electron chi connectivity index (χ0n) is 12.2. The molecular weight excluding hydrogens is 277 g/mol. The number of benzene rings is 1. The zero-order chi connectivity index (χ0) is 15.1. The first-order chi connectivity index (χ1) is 10.0. The van der Waals surface area contributed by atoms with E-state index in [1.807, 2.05) is 18.2 Å². The number of halogens is 3. The lowest BCUT2D eigenvalue weighted by atomic mass is 10.0. The molecule has 0 spiro atoms. The second-order valence-corrected chi connectivity index (χ2v) is 5.71. The summed E-state index contributed by atoms with van der Waals surface area (Å²) in [7, 11) is 0. The van der Waals surface area contributed by atoms with Gasteiger partial charge in [0.05, 0.1) is 0 Å². The van der Waals surface area contributed by atoms with Crippen LogP contribution >= 0.6 is 0 Å². The number of hydrogen-bond acceptors (Lipinski definition) is 2. The molecule has 1 N–H and O–H groups in total. The van der Waals surface area contributed by atoms with Crippen LogP contribution in [0.4, 0.5) is 13.2 Å². The van der Waals surface area contributed by atoms with Crippen molar-refractivity contribution < 1.29 is 13.2 Å². The van der Waals surface area contributed by atoms with Crippen LogP contribution in [0.25, 0.3) is 0 Å². The Morgan fingerprint density at radius 2 is 1.90 bits per heavy atom. The van der Waals surface area contributed by atoms with Crippen LogP contribution in [-0.2, 0) is 6.42 Å². The van der Waals surface area contributed by atoms with Crippen molar-refractivity contribution >= 4 is 0 Å². The molecule has 1 atom stereocenters. The molecule has 1 aromatic carbocycles. The van der Waals surface area contributed by atoms with Crippen LogP contribution in [0.1, 0.15) is 24.8 Å². The second-order valence-electron chi connectivity index (χ2n) is 5.71.